The van der Waals surface area contributed by atoms with E-state index in [4.69, 9.17) is 9.47 Å². The third-order valence-electron chi connectivity index (χ3n) is 3.52. The van der Waals surface area contributed by atoms with Crippen LogP contribution in [0.2, 0.25) is 0 Å². The van der Waals surface area contributed by atoms with Gasteiger partial charge in [-0.1, -0.05) is 13.8 Å². The molecule has 0 radical (unpaired) electrons. The second kappa shape index (κ2) is 12.3. The number of hydrogen-bond donors (Lipinski definition) is 3. The number of alkyl carbamates (subject to hydrolysis) is 1. The van der Waals surface area contributed by atoms with Crippen LogP contribution in [0.4, 0.5) is 4.79 Å². The number of rotatable bonds is 9. The van der Waals surface area contributed by atoms with E-state index in [0.717, 1.165) is 18.9 Å². The zero-order valence-corrected chi connectivity index (χ0v) is 19.5. The number of aliphatic hydroxyl groups excluding tert-OH is 1. The van der Waals surface area contributed by atoms with E-state index in [1.807, 2.05) is 0 Å². The number of allylic oxidation sites excluding steroid dienone is 1. The smallest absolute Gasteiger partial charge is 0.408 e. The van der Waals surface area contributed by atoms with Crippen molar-refractivity contribution in [3.63, 3.8) is 0 Å². The maximum atomic E-state index is 12.8. The lowest BCUT2D eigenvalue weighted by molar-refractivity contribution is -0.146. The third-order valence-corrected chi connectivity index (χ3v) is 4.77. The molecular formula is C19H32N2O8S. The molecule has 2 atom stereocenters. The maximum absolute atomic E-state index is 12.8. The van der Waals surface area contributed by atoms with Crippen LogP contribution in [0.25, 0.3) is 0 Å². The molecule has 0 aliphatic carbocycles. The summed E-state index contributed by atoms with van der Waals surface area (Å²) in [6.07, 6.45) is -0.855. The van der Waals surface area contributed by atoms with Crippen molar-refractivity contribution in [2.24, 2.45) is 5.92 Å². The normalized spacial score (nSPS) is 14.2. The molecule has 10 nitrogen and oxygen atoms in total. The highest BCUT2D eigenvalue weighted by molar-refractivity contribution is 8.04. The molecule has 0 spiro atoms. The van der Waals surface area contributed by atoms with Gasteiger partial charge >= 0.3 is 18.0 Å². The summed E-state index contributed by atoms with van der Waals surface area (Å²) in [4.78, 5) is 48.6. The Morgan fingerprint density at radius 2 is 1.60 bits per heavy atom. The van der Waals surface area contributed by atoms with Crippen LogP contribution in [0.15, 0.2) is 10.7 Å². The largest absolute Gasteiger partial charge is 0.511 e. The van der Waals surface area contributed by atoms with Gasteiger partial charge in [0.15, 0.2) is 0 Å². The Bertz CT molecular complexity index is 666. The Hall–Kier alpha value is -2.43. The van der Waals surface area contributed by atoms with E-state index in [0.29, 0.717) is 0 Å². The molecule has 30 heavy (non-hydrogen) atoms. The minimum absolute atomic E-state index is 0.116. The molecule has 0 saturated carbocycles. The quantitative estimate of drug-likeness (QED) is 0.209. The van der Waals surface area contributed by atoms with Gasteiger partial charge in [0.1, 0.15) is 28.3 Å². The standard InChI is InChI=1S/C19H32N2O8S/c1-10(2)13(16(24)27-7)21-15(23)12(20-18(26)29-19(4,5)6)9-30-14(11(3)22)17(25)28-8/h10,12-13,22H,9H2,1-8H3,(H,20,26)(H,21,23)/b14-11+/t12-,13-/m0/s1. The van der Waals surface area contributed by atoms with E-state index in [2.05, 4.69) is 15.4 Å². The molecule has 0 unspecified atom stereocenters. The summed E-state index contributed by atoms with van der Waals surface area (Å²) >= 11 is 0.816. The van der Waals surface area contributed by atoms with Crippen LogP contribution < -0.4 is 10.6 Å². The van der Waals surface area contributed by atoms with E-state index >= 15 is 0 Å². The number of ether oxygens (including phenoxy) is 3. The fraction of sp³-hybridized carbons (Fsp3) is 0.684. The minimum Gasteiger partial charge on any atom is -0.511 e. The summed E-state index contributed by atoms with van der Waals surface area (Å²) in [5.74, 6) is -2.81. The van der Waals surface area contributed by atoms with Crippen LogP contribution in [0, 0.1) is 5.92 Å². The van der Waals surface area contributed by atoms with E-state index in [1.54, 1.807) is 34.6 Å². The van der Waals surface area contributed by atoms with Gasteiger partial charge in [-0.2, -0.15) is 0 Å². The zero-order chi connectivity index (χ0) is 23.6. The van der Waals surface area contributed by atoms with Crippen molar-refractivity contribution in [3.05, 3.63) is 10.7 Å². The first-order chi connectivity index (χ1) is 13.7. The second-order valence-electron chi connectivity index (χ2n) is 7.67. The van der Waals surface area contributed by atoms with Gasteiger partial charge in [-0.25, -0.2) is 14.4 Å². The van der Waals surface area contributed by atoms with Crippen LogP contribution >= 0.6 is 11.8 Å². The first-order valence-electron chi connectivity index (χ1n) is 9.22. The average molecular weight is 449 g/mol. The van der Waals surface area contributed by atoms with Crippen LogP contribution in [-0.2, 0) is 28.6 Å². The lowest BCUT2D eigenvalue weighted by Gasteiger charge is -2.26. The van der Waals surface area contributed by atoms with Crippen LogP contribution in [0.5, 0.6) is 0 Å². The first-order valence-corrected chi connectivity index (χ1v) is 10.2. The molecule has 0 aromatic heterocycles. The maximum Gasteiger partial charge on any atom is 0.408 e. The van der Waals surface area contributed by atoms with E-state index in [-0.39, 0.29) is 22.3 Å². The van der Waals surface area contributed by atoms with Gasteiger partial charge in [0, 0.05) is 5.75 Å². The first kappa shape index (κ1) is 27.6. The molecule has 0 heterocycles. The van der Waals surface area contributed by atoms with Crippen molar-refractivity contribution in [1.29, 1.82) is 0 Å². The van der Waals surface area contributed by atoms with Crippen molar-refractivity contribution in [3.8, 4) is 0 Å². The molecule has 0 aliphatic heterocycles. The van der Waals surface area contributed by atoms with Crippen LogP contribution in [0.3, 0.4) is 0 Å². The molecule has 0 aromatic rings. The van der Waals surface area contributed by atoms with Gasteiger partial charge in [0.2, 0.25) is 5.91 Å². The molecule has 0 fully saturated rings. The Morgan fingerprint density at radius 3 is 2.00 bits per heavy atom. The summed E-state index contributed by atoms with van der Waals surface area (Å²) in [6, 6.07) is -2.12. The predicted octanol–water partition coefficient (Wildman–Crippen LogP) is 1.89. The molecule has 2 amide bonds. The number of carbonyl (C=O) groups excluding carboxylic acids is 4. The van der Waals surface area contributed by atoms with Crippen molar-refractivity contribution >= 4 is 35.7 Å². The van der Waals surface area contributed by atoms with Gasteiger partial charge in [0.05, 0.1) is 14.2 Å². The molecule has 3 N–H and O–H groups in total. The highest BCUT2D eigenvalue weighted by atomic mass is 32.2. The van der Waals surface area contributed by atoms with Gasteiger partial charge in [-0.15, -0.1) is 11.8 Å². The fourth-order valence-electron chi connectivity index (χ4n) is 2.08. The monoisotopic (exact) mass is 448 g/mol. The van der Waals surface area contributed by atoms with E-state index in [9.17, 15) is 24.3 Å². The number of nitrogens with one attached hydrogen (secondary N) is 2. The third kappa shape index (κ3) is 9.86. The number of carbonyl (C=O) groups is 4. The van der Waals surface area contributed by atoms with Crippen molar-refractivity contribution in [2.45, 2.75) is 59.2 Å². The predicted molar refractivity (Wildman–Crippen MR) is 112 cm³/mol. The molecule has 0 aromatic carbocycles. The molecular weight excluding hydrogens is 416 g/mol. The van der Waals surface area contributed by atoms with Crippen LogP contribution in [-0.4, -0.2) is 66.7 Å². The van der Waals surface area contributed by atoms with Gasteiger partial charge in [0.25, 0.3) is 0 Å². The van der Waals surface area contributed by atoms with Crippen molar-refractivity contribution in [2.75, 3.05) is 20.0 Å². The van der Waals surface area contributed by atoms with Gasteiger partial charge in [-0.3, -0.25) is 4.79 Å². The molecule has 11 heteroatoms. The molecule has 0 aliphatic rings. The molecule has 172 valence electrons. The zero-order valence-electron chi connectivity index (χ0n) is 18.7. The van der Waals surface area contributed by atoms with Crippen molar-refractivity contribution in [1.82, 2.24) is 10.6 Å². The topological polar surface area (TPSA) is 140 Å². The Labute approximate surface area is 181 Å². The van der Waals surface area contributed by atoms with E-state index < -0.39 is 41.6 Å². The highest BCUT2D eigenvalue weighted by Crippen LogP contribution is 2.21. The Balaban J connectivity index is 5.58. The summed E-state index contributed by atoms with van der Waals surface area (Å²) in [7, 11) is 2.35. The SMILES string of the molecule is COC(=O)/C(SC[C@H](NC(=O)OC(C)(C)C)C(=O)N[C@H](C(=O)OC)C(C)C)=C(/C)O. The summed E-state index contributed by atoms with van der Waals surface area (Å²) < 4.78 is 14.5. The van der Waals surface area contributed by atoms with E-state index in [1.165, 1.54) is 14.0 Å². The Kier molecular flexibility index (Phi) is 11.3. The number of aliphatic hydroxyl groups is 1. The lowest BCUT2D eigenvalue weighted by atomic mass is 10.0. The number of amides is 2. The van der Waals surface area contributed by atoms with Crippen molar-refractivity contribution < 1.29 is 38.5 Å². The minimum atomic E-state index is -1.19. The number of esters is 2. The summed E-state index contributed by atoms with van der Waals surface area (Å²) in [6.45, 7) is 9.73. The number of thioether (sulfide) groups is 1. The molecule has 0 saturated heterocycles. The van der Waals surface area contributed by atoms with Gasteiger partial charge in [-0.05, 0) is 33.6 Å². The molecule has 0 rings (SSSR count). The summed E-state index contributed by atoms with van der Waals surface area (Å²) in [5, 5.41) is 14.7. The molecule has 0 bridgehead atoms. The number of methoxy groups -OCH3 is 2. The fourth-order valence-corrected chi connectivity index (χ4v) is 3.06. The Morgan fingerprint density at radius 1 is 1.03 bits per heavy atom. The average Bonchev–Trinajstić information content (AvgIpc) is 2.61. The second-order valence-corrected chi connectivity index (χ2v) is 8.70. The van der Waals surface area contributed by atoms with Gasteiger partial charge < -0.3 is 30.0 Å². The number of hydrogen-bond acceptors (Lipinski definition) is 9. The lowest BCUT2D eigenvalue weighted by Crippen LogP contribution is -2.54. The highest BCUT2D eigenvalue weighted by Gasteiger charge is 2.31. The summed E-state index contributed by atoms with van der Waals surface area (Å²) in [5.41, 5.74) is -0.802. The van der Waals surface area contributed by atoms with Crippen LogP contribution in [0.1, 0.15) is 41.5 Å².